The summed E-state index contributed by atoms with van der Waals surface area (Å²) < 4.78 is 5.91. The van der Waals surface area contributed by atoms with Gasteiger partial charge in [0.15, 0.2) is 11.3 Å². The van der Waals surface area contributed by atoms with Crippen molar-refractivity contribution in [1.82, 2.24) is 9.97 Å². The van der Waals surface area contributed by atoms with Crippen molar-refractivity contribution in [3.05, 3.63) is 57.9 Å². The molecule has 0 unspecified atom stereocenters. The number of hydrogen-bond donors (Lipinski definition) is 0. The fraction of sp³-hybridized carbons (Fsp3) is 0.118. The highest BCUT2D eigenvalue weighted by atomic mass is 16.3. The number of hydrogen-bond acceptors (Lipinski definition) is 4. The van der Waals surface area contributed by atoms with Gasteiger partial charge >= 0.3 is 0 Å². The van der Waals surface area contributed by atoms with Gasteiger partial charge in [-0.3, -0.25) is 9.78 Å². The highest BCUT2D eigenvalue weighted by Gasteiger charge is 2.16. The van der Waals surface area contributed by atoms with Crippen LogP contribution in [-0.4, -0.2) is 9.97 Å². The van der Waals surface area contributed by atoms with Gasteiger partial charge in [-0.15, -0.1) is 0 Å². The molecule has 4 heteroatoms. The van der Waals surface area contributed by atoms with Crippen LogP contribution in [0.4, 0.5) is 0 Å². The molecule has 0 fully saturated rings. The van der Waals surface area contributed by atoms with Gasteiger partial charge in [-0.2, -0.15) is 0 Å². The molecule has 1 aliphatic heterocycles. The van der Waals surface area contributed by atoms with Gasteiger partial charge < -0.3 is 4.42 Å². The number of rotatable bonds is 0. The predicted molar refractivity (Wildman–Crippen MR) is 81.7 cm³/mol. The summed E-state index contributed by atoms with van der Waals surface area (Å²) in [5, 5.41) is 0.727. The second-order valence-corrected chi connectivity index (χ2v) is 5.26. The van der Waals surface area contributed by atoms with E-state index in [1.807, 2.05) is 26.0 Å². The summed E-state index contributed by atoms with van der Waals surface area (Å²) in [6.45, 7) is 4.02. The third kappa shape index (κ3) is 1.72. The number of nitrogens with zero attached hydrogens (tertiary/aromatic N) is 2. The third-order valence-electron chi connectivity index (χ3n) is 3.65. The number of benzene rings is 2. The summed E-state index contributed by atoms with van der Waals surface area (Å²) in [5.74, 6) is 0.498. The Hall–Kier alpha value is -2.75. The maximum Gasteiger partial charge on any atom is 0.208 e. The van der Waals surface area contributed by atoms with Crippen molar-refractivity contribution in [2.45, 2.75) is 13.8 Å². The van der Waals surface area contributed by atoms with Gasteiger partial charge in [0, 0.05) is 17.6 Å². The average Bonchev–Trinajstić information content (AvgIpc) is 2.46. The first-order valence-corrected chi connectivity index (χ1v) is 6.73. The Balaban J connectivity index is 2.27. The molecule has 102 valence electrons. The maximum atomic E-state index is 12.1. The molecule has 21 heavy (non-hydrogen) atoms. The topological polar surface area (TPSA) is 56.0 Å². The molecular formula is C17H12N2O2. The maximum absolute atomic E-state index is 12.1. The van der Waals surface area contributed by atoms with Crippen molar-refractivity contribution < 1.29 is 4.42 Å². The lowest BCUT2D eigenvalue weighted by Gasteiger charge is -2.10. The third-order valence-corrected chi connectivity index (χ3v) is 3.65. The van der Waals surface area contributed by atoms with E-state index in [-0.39, 0.29) is 5.43 Å². The number of aryl methyl sites for hydroxylation is 2. The summed E-state index contributed by atoms with van der Waals surface area (Å²) in [6.07, 6.45) is 1.61. The van der Waals surface area contributed by atoms with Crippen molar-refractivity contribution in [2.24, 2.45) is 0 Å². The molecule has 2 aliphatic rings. The van der Waals surface area contributed by atoms with E-state index in [0.717, 1.165) is 22.0 Å². The van der Waals surface area contributed by atoms with E-state index < -0.39 is 0 Å². The van der Waals surface area contributed by atoms with Crippen LogP contribution in [0.25, 0.3) is 33.5 Å². The minimum Gasteiger partial charge on any atom is -0.453 e. The molecule has 0 N–H and O–H groups in total. The fourth-order valence-corrected chi connectivity index (χ4v) is 2.75. The molecule has 0 saturated carbocycles. The largest absolute Gasteiger partial charge is 0.453 e. The van der Waals surface area contributed by atoms with Crippen molar-refractivity contribution in [2.75, 3.05) is 0 Å². The van der Waals surface area contributed by atoms with Crippen LogP contribution in [0.15, 0.2) is 45.7 Å². The zero-order valence-corrected chi connectivity index (χ0v) is 11.7. The Bertz CT molecular complexity index is 1030. The molecule has 4 rings (SSSR count). The van der Waals surface area contributed by atoms with Crippen LogP contribution in [-0.2, 0) is 0 Å². The van der Waals surface area contributed by atoms with Gasteiger partial charge in [-0.05, 0) is 43.2 Å². The van der Waals surface area contributed by atoms with Crippen molar-refractivity contribution >= 4 is 22.0 Å². The van der Waals surface area contributed by atoms with Crippen molar-refractivity contribution in [3.63, 3.8) is 0 Å². The lowest BCUT2D eigenvalue weighted by Crippen LogP contribution is -2.05. The van der Waals surface area contributed by atoms with E-state index in [4.69, 9.17) is 9.40 Å². The van der Waals surface area contributed by atoms with E-state index in [1.165, 1.54) is 6.07 Å². The summed E-state index contributed by atoms with van der Waals surface area (Å²) >= 11 is 0. The van der Waals surface area contributed by atoms with Crippen molar-refractivity contribution in [1.29, 1.82) is 0 Å². The van der Waals surface area contributed by atoms with Gasteiger partial charge in [0.05, 0.1) is 0 Å². The SMILES string of the molecule is Cc1cc(C)c2nc3c4cccnc4c(=O)cc-3oc2c1. The van der Waals surface area contributed by atoms with E-state index in [1.54, 1.807) is 12.3 Å². The fourth-order valence-electron chi connectivity index (χ4n) is 2.75. The Morgan fingerprint density at radius 2 is 1.95 bits per heavy atom. The van der Waals surface area contributed by atoms with Crippen LogP contribution < -0.4 is 5.43 Å². The lowest BCUT2D eigenvalue weighted by atomic mass is 10.1. The molecule has 0 spiro atoms. The quantitative estimate of drug-likeness (QED) is 0.364. The Kier molecular flexibility index (Phi) is 2.36. The molecule has 0 amide bonds. The summed E-state index contributed by atoms with van der Waals surface area (Å²) in [6, 6.07) is 9.12. The highest BCUT2D eigenvalue weighted by Crippen LogP contribution is 2.30. The minimum absolute atomic E-state index is 0.146. The first kappa shape index (κ1) is 12.0. The molecule has 1 aromatic carbocycles. The molecule has 4 nitrogen and oxygen atoms in total. The van der Waals surface area contributed by atoms with Crippen LogP contribution in [0.5, 0.6) is 0 Å². The standard InChI is InChI=1S/C17H12N2O2/c1-9-6-10(2)15-13(7-9)21-14-8-12(20)16-11(17(14)19-15)4-3-5-18-16/h3-8H,1-2H3. The van der Waals surface area contributed by atoms with Gasteiger partial charge in [-0.25, -0.2) is 4.98 Å². The molecule has 2 aromatic rings. The lowest BCUT2D eigenvalue weighted by molar-refractivity contribution is 0.613. The van der Waals surface area contributed by atoms with Gasteiger partial charge in [0.2, 0.25) is 5.43 Å². The minimum atomic E-state index is -0.146. The van der Waals surface area contributed by atoms with E-state index in [0.29, 0.717) is 22.6 Å². The zero-order chi connectivity index (χ0) is 14.6. The summed E-state index contributed by atoms with van der Waals surface area (Å²) in [5.41, 5.74) is 4.63. The normalized spacial score (nSPS) is 11.5. The second-order valence-electron chi connectivity index (χ2n) is 5.26. The summed E-state index contributed by atoms with van der Waals surface area (Å²) in [4.78, 5) is 21.0. The molecule has 0 bridgehead atoms. The number of fused-ring (bicyclic) bond motifs is 4. The van der Waals surface area contributed by atoms with E-state index in [9.17, 15) is 4.79 Å². The number of aromatic nitrogens is 2. The van der Waals surface area contributed by atoms with Gasteiger partial charge in [0.25, 0.3) is 0 Å². The molecule has 1 aliphatic carbocycles. The Morgan fingerprint density at radius 1 is 1.10 bits per heavy atom. The first-order chi connectivity index (χ1) is 10.1. The van der Waals surface area contributed by atoms with Crippen LogP contribution in [0, 0.1) is 13.8 Å². The van der Waals surface area contributed by atoms with Crippen LogP contribution >= 0.6 is 0 Å². The average molecular weight is 276 g/mol. The van der Waals surface area contributed by atoms with Crippen LogP contribution in [0.2, 0.25) is 0 Å². The van der Waals surface area contributed by atoms with E-state index >= 15 is 0 Å². The monoisotopic (exact) mass is 276 g/mol. The Morgan fingerprint density at radius 3 is 2.81 bits per heavy atom. The van der Waals surface area contributed by atoms with Crippen LogP contribution in [0.3, 0.4) is 0 Å². The van der Waals surface area contributed by atoms with E-state index in [2.05, 4.69) is 11.1 Å². The predicted octanol–water partition coefficient (Wildman–Crippen LogP) is 3.46. The van der Waals surface area contributed by atoms with Crippen LogP contribution in [0.1, 0.15) is 11.1 Å². The summed E-state index contributed by atoms with van der Waals surface area (Å²) in [7, 11) is 0. The molecular weight excluding hydrogens is 264 g/mol. The van der Waals surface area contributed by atoms with Crippen molar-refractivity contribution in [3.8, 4) is 11.5 Å². The molecule has 0 saturated heterocycles. The zero-order valence-electron chi connectivity index (χ0n) is 11.7. The number of pyridine rings is 1. The molecule has 1 aromatic heterocycles. The molecule has 0 radical (unpaired) electrons. The van der Waals surface area contributed by atoms with Gasteiger partial charge in [-0.1, -0.05) is 6.07 Å². The molecule has 0 atom stereocenters. The smallest absolute Gasteiger partial charge is 0.208 e. The van der Waals surface area contributed by atoms with Gasteiger partial charge in [0.1, 0.15) is 16.7 Å². The molecule has 2 heterocycles. The first-order valence-electron chi connectivity index (χ1n) is 6.73. The highest BCUT2D eigenvalue weighted by molar-refractivity contribution is 5.94. The second kappa shape index (κ2) is 4.12. The Labute approximate surface area is 120 Å².